The quantitative estimate of drug-likeness (QED) is 0.169. The Hall–Kier alpha value is -1.84. The lowest BCUT2D eigenvalue weighted by molar-refractivity contribution is 0.0421. The van der Waals surface area contributed by atoms with Crippen LogP contribution in [0.1, 0.15) is 125 Å². The van der Waals surface area contributed by atoms with Crippen molar-refractivity contribution >= 4 is 11.9 Å². The first-order valence-electron chi connectivity index (χ1n) is 13.0. The van der Waals surface area contributed by atoms with Crippen LogP contribution in [0.5, 0.6) is 0 Å². The molecule has 4 heteroatoms. The number of ether oxygens (including phenoxy) is 2. The standard InChI is InChI=1S/C28H46O4/c1-5-9-11-16-23(14-7-3)21-31-27(29)25-18-13-19-26(20-25)28(30)32-22-24(15-8-4)17-12-10-6-2/h13,18-20,23-24H,5-12,14-17,21-22H2,1-4H3. The molecule has 0 N–H and O–H groups in total. The Morgan fingerprint density at radius 2 is 1.09 bits per heavy atom. The van der Waals surface area contributed by atoms with E-state index in [2.05, 4.69) is 27.7 Å². The summed E-state index contributed by atoms with van der Waals surface area (Å²) >= 11 is 0. The number of hydrogen-bond acceptors (Lipinski definition) is 4. The fourth-order valence-corrected chi connectivity index (χ4v) is 4.13. The maximum absolute atomic E-state index is 12.6. The van der Waals surface area contributed by atoms with Gasteiger partial charge in [0.1, 0.15) is 0 Å². The molecule has 182 valence electrons. The van der Waals surface area contributed by atoms with Crippen LogP contribution in [-0.4, -0.2) is 25.2 Å². The second-order valence-corrected chi connectivity index (χ2v) is 9.08. The van der Waals surface area contributed by atoms with Gasteiger partial charge in [-0.15, -0.1) is 0 Å². The second-order valence-electron chi connectivity index (χ2n) is 9.08. The molecule has 1 aromatic rings. The molecule has 1 aromatic carbocycles. The molecule has 0 amide bonds. The average molecular weight is 447 g/mol. The summed E-state index contributed by atoms with van der Waals surface area (Å²) in [6, 6.07) is 6.73. The second kappa shape index (κ2) is 17.7. The summed E-state index contributed by atoms with van der Waals surface area (Å²) in [5.41, 5.74) is 0.827. The molecule has 0 saturated carbocycles. The Kier molecular flexibility index (Phi) is 15.6. The van der Waals surface area contributed by atoms with E-state index < -0.39 is 0 Å². The minimum atomic E-state index is -0.361. The van der Waals surface area contributed by atoms with Crippen LogP contribution in [0.2, 0.25) is 0 Å². The number of benzene rings is 1. The number of hydrogen-bond donors (Lipinski definition) is 0. The predicted molar refractivity (Wildman–Crippen MR) is 132 cm³/mol. The zero-order valence-electron chi connectivity index (χ0n) is 21.0. The molecule has 0 heterocycles. The minimum absolute atomic E-state index is 0.361. The van der Waals surface area contributed by atoms with Crippen LogP contribution in [0.15, 0.2) is 24.3 Å². The Balaban J connectivity index is 2.60. The van der Waals surface area contributed by atoms with Crippen LogP contribution in [0.3, 0.4) is 0 Å². The fourth-order valence-electron chi connectivity index (χ4n) is 4.13. The number of esters is 2. The van der Waals surface area contributed by atoms with Crippen molar-refractivity contribution < 1.29 is 19.1 Å². The smallest absolute Gasteiger partial charge is 0.338 e. The van der Waals surface area contributed by atoms with Crippen LogP contribution in [0.4, 0.5) is 0 Å². The van der Waals surface area contributed by atoms with Crippen LogP contribution in [0, 0.1) is 11.8 Å². The van der Waals surface area contributed by atoms with E-state index in [1.165, 1.54) is 38.5 Å². The van der Waals surface area contributed by atoms with Gasteiger partial charge in [0.25, 0.3) is 0 Å². The number of rotatable bonds is 18. The maximum Gasteiger partial charge on any atom is 0.338 e. The lowest BCUT2D eigenvalue weighted by atomic mass is 9.97. The van der Waals surface area contributed by atoms with E-state index in [1.54, 1.807) is 24.3 Å². The molecule has 0 spiro atoms. The van der Waals surface area contributed by atoms with Crippen molar-refractivity contribution in [3.8, 4) is 0 Å². The van der Waals surface area contributed by atoms with E-state index in [4.69, 9.17) is 9.47 Å². The number of unbranched alkanes of at least 4 members (excludes halogenated alkanes) is 4. The normalized spacial score (nSPS) is 12.9. The lowest BCUT2D eigenvalue weighted by Gasteiger charge is -2.17. The minimum Gasteiger partial charge on any atom is -0.462 e. The van der Waals surface area contributed by atoms with Gasteiger partial charge in [0, 0.05) is 0 Å². The highest BCUT2D eigenvalue weighted by Gasteiger charge is 2.17. The van der Waals surface area contributed by atoms with Crippen LogP contribution in [0.25, 0.3) is 0 Å². The SMILES string of the molecule is CCCCCC(CCC)COC(=O)c1cccc(C(=O)OCC(CCC)CCCCC)c1. The van der Waals surface area contributed by atoms with E-state index in [-0.39, 0.29) is 11.9 Å². The largest absolute Gasteiger partial charge is 0.462 e. The molecule has 0 bridgehead atoms. The highest BCUT2D eigenvalue weighted by Crippen LogP contribution is 2.19. The molecule has 0 aliphatic heterocycles. The summed E-state index contributed by atoms with van der Waals surface area (Å²) in [7, 11) is 0. The van der Waals surface area contributed by atoms with Gasteiger partial charge in [-0.1, -0.05) is 85.1 Å². The van der Waals surface area contributed by atoms with Gasteiger partial charge in [-0.25, -0.2) is 9.59 Å². The molecular formula is C28H46O4. The van der Waals surface area contributed by atoms with Crippen molar-refractivity contribution in [2.75, 3.05) is 13.2 Å². The molecule has 2 atom stereocenters. The molecule has 0 aromatic heterocycles. The van der Waals surface area contributed by atoms with Crippen molar-refractivity contribution in [1.29, 1.82) is 0 Å². The van der Waals surface area contributed by atoms with Gasteiger partial charge < -0.3 is 9.47 Å². The Bertz CT molecular complexity index is 589. The Morgan fingerprint density at radius 3 is 1.47 bits per heavy atom. The molecule has 0 aliphatic carbocycles. The summed E-state index contributed by atoms with van der Waals surface area (Å²) < 4.78 is 11.2. The van der Waals surface area contributed by atoms with Crippen molar-refractivity contribution in [2.24, 2.45) is 11.8 Å². The van der Waals surface area contributed by atoms with E-state index in [9.17, 15) is 9.59 Å². The summed E-state index contributed by atoms with van der Waals surface area (Å²) in [6.07, 6.45) is 13.7. The van der Waals surface area contributed by atoms with Crippen LogP contribution < -0.4 is 0 Å². The van der Waals surface area contributed by atoms with E-state index in [1.807, 2.05) is 0 Å². The predicted octanol–water partition coefficient (Wildman–Crippen LogP) is 7.99. The summed E-state index contributed by atoms with van der Waals surface area (Å²) in [4.78, 5) is 25.2. The molecule has 32 heavy (non-hydrogen) atoms. The van der Waals surface area contributed by atoms with Crippen molar-refractivity contribution in [2.45, 2.75) is 105 Å². The summed E-state index contributed by atoms with van der Waals surface area (Å²) in [5, 5.41) is 0. The van der Waals surface area contributed by atoms with E-state index in [0.717, 1.165) is 38.5 Å². The molecule has 0 fully saturated rings. The number of carbonyl (C=O) groups excluding carboxylic acids is 2. The zero-order chi connectivity index (χ0) is 23.6. The van der Waals surface area contributed by atoms with Gasteiger partial charge in [-0.2, -0.15) is 0 Å². The van der Waals surface area contributed by atoms with Crippen molar-refractivity contribution in [3.63, 3.8) is 0 Å². The van der Waals surface area contributed by atoms with Crippen LogP contribution in [-0.2, 0) is 9.47 Å². The molecule has 2 unspecified atom stereocenters. The first kappa shape index (κ1) is 28.2. The highest BCUT2D eigenvalue weighted by atomic mass is 16.5. The molecule has 4 nitrogen and oxygen atoms in total. The third-order valence-corrected chi connectivity index (χ3v) is 6.06. The fraction of sp³-hybridized carbons (Fsp3) is 0.714. The molecule has 0 saturated heterocycles. The van der Waals surface area contributed by atoms with E-state index in [0.29, 0.717) is 36.2 Å². The van der Waals surface area contributed by atoms with Crippen molar-refractivity contribution in [1.82, 2.24) is 0 Å². The van der Waals surface area contributed by atoms with Gasteiger partial charge in [0.05, 0.1) is 24.3 Å². The van der Waals surface area contributed by atoms with E-state index >= 15 is 0 Å². The Labute approximate surface area is 196 Å². The molecule has 0 radical (unpaired) electrons. The molecular weight excluding hydrogens is 400 g/mol. The van der Waals surface area contributed by atoms with Gasteiger partial charge >= 0.3 is 11.9 Å². The van der Waals surface area contributed by atoms with Crippen molar-refractivity contribution in [3.05, 3.63) is 35.4 Å². The number of carbonyl (C=O) groups is 2. The first-order chi connectivity index (χ1) is 15.5. The highest BCUT2D eigenvalue weighted by molar-refractivity contribution is 5.95. The average Bonchev–Trinajstić information content (AvgIpc) is 2.81. The zero-order valence-corrected chi connectivity index (χ0v) is 21.0. The lowest BCUT2D eigenvalue weighted by Crippen LogP contribution is -2.16. The topological polar surface area (TPSA) is 52.6 Å². The maximum atomic E-state index is 12.6. The first-order valence-corrected chi connectivity index (χ1v) is 13.0. The summed E-state index contributed by atoms with van der Waals surface area (Å²) in [6.45, 7) is 9.62. The molecule has 1 rings (SSSR count). The van der Waals surface area contributed by atoms with Crippen LogP contribution >= 0.6 is 0 Å². The monoisotopic (exact) mass is 446 g/mol. The third-order valence-electron chi connectivity index (χ3n) is 6.06. The van der Waals surface area contributed by atoms with Gasteiger partial charge in [0.2, 0.25) is 0 Å². The van der Waals surface area contributed by atoms with Gasteiger partial charge in [-0.3, -0.25) is 0 Å². The van der Waals surface area contributed by atoms with Gasteiger partial charge in [0.15, 0.2) is 0 Å². The third kappa shape index (κ3) is 11.7. The Morgan fingerprint density at radius 1 is 0.656 bits per heavy atom. The van der Waals surface area contributed by atoms with Gasteiger partial charge in [-0.05, 0) is 55.7 Å². The molecule has 0 aliphatic rings. The summed E-state index contributed by atoms with van der Waals surface area (Å²) in [5.74, 6) is 0.0954.